The maximum Gasteiger partial charge on any atom is 0.251 e. The molecule has 3 aliphatic heterocycles. The van der Waals surface area contributed by atoms with Gasteiger partial charge in [0.05, 0.1) is 13.2 Å². The topological polar surface area (TPSA) is 66.7 Å². The second-order valence-electron chi connectivity index (χ2n) is 7.30. The molecule has 0 radical (unpaired) electrons. The Morgan fingerprint density at radius 3 is 2.84 bits per heavy atom. The Morgan fingerprint density at radius 2 is 2.08 bits per heavy atom. The van der Waals surface area contributed by atoms with Crippen LogP contribution in [0.25, 0.3) is 11.0 Å². The Labute approximate surface area is 146 Å². The molecule has 2 bridgehead atoms. The first-order chi connectivity index (χ1) is 12.3. The van der Waals surface area contributed by atoms with Crippen LogP contribution in [0.3, 0.4) is 0 Å². The lowest BCUT2D eigenvalue weighted by molar-refractivity contribution is 0.0931. The van der Waals surface area contributed by atoms with E-state index in [1.807, 2.05) is 24.3 Å². The lowest BCUT2D eigenvalue weighted by Gasteiger charge is -2.25. The summed E-state index contributed by atoms with van der Waals surface area (Å²) in [5.74, 6) is 0.864. The van der Waals surface area contributed by atoms with Crippen LogP contribution in [0.2, 0.25) is 0 Å². The third kappa shape index (κ3) is 2.79. The van der Waals surface area contributed by atoms with E-state index in [1.165, 1.54) is 12.8 Å². The van der Waals surface area contributed by atoms with E-state index >= 15 is 0 Å². The molecule has 4 heterocycles. The minimum Gasteiger partial charge on any atom is -0.441 e. The number of furan rings is 1. The highest BCUT2D eigenvalue weighted by molar-refractivity contribution is 5.98. The Kier molecular flexibility index (Phi) is 3.68. The number of anilines is 1. The zero-order chi connectivity index (χ0) is 16.8. The summed E-state index contributed by atoms with van der Waals surface area (Å²) in [5.41, 5.74) is 1.52. The Morgan fingerprint density at radius 1 is 1.20 bits per heavy atom. The number of nitrogens with one attached hydrogen (secondary N) is 2. The van der Waals surface area contributed by atoms with Crippen molar-refractivity contribution >= 4 is 22.8 Å². The highest BCUT2D eigenvalue weighted by Crippen LogP contribution is 2.30. The Balaban J connectivity index is 1.34. The van der Waals surface area contributed by atoms with Gasteiger partial charge in [0.1, 0.15) is 5.58 Å². The van der Waals surface area contributed by atoms with Crippen molar-refractivity contribution < 1.29 is 13.9 Å². The second-order valence-corrected chi connectivity index (χ2v) is 7.30. The van der Waals surface area contributed by atoms with Crippen LogP contribution in [-0.4, -0.2) is 50.3 Å². The summed E-state index contributed by atoms with van der Waals surface area (Å²) in [5, 5.41) is 7.73. The molecule has 3 fully saturated rings. The van der Waals surface area contributed by atoms with Crippen LogP contribution >= 0.6 is 0 Å². The van der Waals surface area contributed by atoms with Crippen LogP contribution in [0.15, 0.2) is 28.7 Å². The van der Waals surface area contributed by atoms with Gasteiger partial charge in [-0.05, 0) is 37.5 Å². The Hall–Kier alpha value is -2.05. The van der Waals surface area contributed by atoms with Gasteiger partial charge in [-0.15, -0.1) is 0 Å². The minimum absolute atomic E-state index is 0.00960. The van der Waals surface area contributed by atoms with E-state index in [2.05, 4.69) is 15.5 Å². The molecule has 2 aromatic rings. The van der Waals surface area contributed by atoms with Crippen molar-refractivity contribution in [3.05, 3.63) is 29.8 Å². The smallest absolute Gasteiger partial charge is 0.251 e. The molecular formula is C19H23N3O3. The predicted molar refractivity (Wildman–Crippen MR) is 95.1 cm³/mol. The maximum absolute atomic E-state index is 12.6. The van der Waals surface area contributed by atoms with Gasteiger partial charge in [-0.2, -0.15) is 0 Å². The lowest BCUT2D eigenvalue weighted by Crippen LogP contribution is -2.42. The van der Waals surface area contributed by atoms with E-state index in [-0.39, 0.29) is 11.9 Å². The highest BCUT2D eigenvalue weighted by atomic mass is 16.5. The van der Waals surface area contributed by atoms with Gasteiger partial charge < -0.3 is 24.7 Å². The number of carbonyl (C=O) groups excluding carboxylic acids is 1. The molecule has 1 amide bonds. The van der Waals surface area contributed by atoms with E-state index in [1.54, 1.807) is 0 Å². The quantitative estimate of drug-likeness (QED) is 0.892. The van der Waals surface area contributed by atoms with E-state index in [0.717, 1.165) is 49.6 Å². The van der Waals surface area contributed by atoms with Gasteiger partial charge in [0.2, 0.25) is 0 Å². The fourth-order valence-electron chi connectivity index (χ4n) is 4.35. The zero-order valence-electron chi connectivity index (χ0n) is 14.2. The van der Waals surface area contributed by atoms with Gasteiger partial charge in [-0.25, -0.2) is 0 Å². The first-order valence-corrected chi connectivity index (χ1v) is 9.19. The average Bonchev–Trinajstić information content (AvgIpc) is 3.36. The number of morpholine rings is 1. The van der Waals surface area contributed by atoms with Gasteiger partial charge >= 0.3 is 0 Å². The zero-order valence-corrected chi connectivity index (χ0v) is 14.2. The standard InChI is InChI=1S/C19H23N3O3/c23-19(21-16-11-14-2-3-15(16)20-14)12-1-4-17-13(9-12)10-18(25-17)22-5-7-24-8-6-22/h1,4,9-10,14-16,20H,2-3,5-8,11H2,(H,21,23)/t14-,15+,16-/m1/s1. The first-order valence-electron chi connectivity index (χ1n) is 9.19. The molecule has 3 saturated heterocycles. The van der Waals surface area contributed by atoms with Crippen LogP contribution in [0, 0.1) is 0 Å². The van der Waals surface area contributed by atoms with Gasteiger partial charge in [0.25, 0.3) is 5.91 Å². The van der Waals surface area contributed by atoms with Crippen molar-refractivity contribution in [2.45, 2.75) is 37.4 Å². The molecule has 0 unspecified atom stereocenters. The van der Waals surface area contributed by atoms with Crippen LogP contribution in [0.4, 0.5) is 5.88 Å². The number of hydrogen-bond acceptors (Lipinski definition) is 5. The van der Waals surface area contributed by atoms with Crippen LogP contribution in [0.1, 0.15) is 29.6 Å². The molecule has 132 valence electrons. The van der Waals surface area contributed by atoms with Crippen molar-refractivity contribution in [2.75, 3.05) is 31.2 Å². The lowest BCUT2D eigenvalue weighted by atomic mass is 9.95. The van der Waals surface area contributed by atoms with E-state index in [0.29, 0.717) is 17.6 Å². The normalized spacial score (nSPS) is 28.6. The highest BCUT2D eigenvalue weighted by Gasteiger charge is 2.39. The summed E-state index contributed by atoms with van der Waals surface area (Å²) in [4.78, 5) is 14.8. The van der Waals surface area contributed by atoms with Gasteiger partial charge in [0, 0.05) is 48.2 Å². The predicted octanol–water partition coefficient (Wildman–Crippen LogP) is 1.89. The molecule has 1 aromatic heterocycles. The fourth-order valence-corrected chi connectivity index (χ4v) is 4.35. The number of rotatable bonds is 3. The molecule has 2 N–H and O–H groups in total. The molecule has 3 aliphatic rings. The number of carbonyl (C=O) groups is 1. The molecule has 0 spiro atoms. The van der Waals surface area contributed by atoms with E-state index < -0.39 is 0 Å². The molecule has 1 aromatic carbocycles. The first kappa shape index (κ1) is 15.2. The molecule has 0 saturated carbocycles. The van der Waals surface area contributed by atoms with Gasteiger partial charge in [-0.1, -0.05) is 0 Å². The third-order valence-electron chi connectivity index (χ3n) is 5.70. The molecular weight excluding hydrogens is 318 g/mol. The van der Waals surface area contributed by atoms with Crippen molar-refractivity contribution in [1.82, 2.24) is 10.6 Å². The number of hydrogen-bond donors (Lipinski definition) is 2. The van der Waals surface area contributed by atoms with Crippen LogP contribution < -0.4 is 15.5 Å². The monoisotopic (exact) mass is 341 g/mol. The summed E-state index contributed by atoms with van der Waals surface area (Å²) in [7, 11) is 0. The van der Waals surface area contributed by atoms with Crippen molar-refractivity contribution in [2.24, 2.45) is 0 Å². The van der Waals surface area contributed by atoms with Crippen LogP contribution in [0.5, 0.6) is 0 Å². The van der Waals surface area contributed by atoms with Crippen molar-refractivity contribution in [3.63, 3.8) is 0 Å². The number of nitrogens with zero attached hydrogens (tertiary/aromatic N) is 1. The summed E-state index contributed by atoms with van der Waals surface area (Å²) in [6.45, 7) is 3.12. The SMILES string of the molecule is O=C(N[C@@H]1C[C@H]2CC[C@@H]1N2)c1ccc2oc(N3CCOCC3)cc2c1. The van der Waals surface area contributed by atoms with E-state index in [9.17, 15) is 4.79 Å². The average molecular weight is 341 g/mol. The summed E-state index contributed by atoms with van der Waals surface area (Å²) < 4.78 is 11.3. The number of ether oxygens (including phenoxy) is 1. The van der Waals surface area contributed by atoms with E-state index in [4.69, 9.17) is 9.15 Å². The van der Waals surface area contributed by atoms with Crippen molar-refractivity contribution in [3.8, 4) is 0 Å². The van der Waals surface area contributed by atoms with Gasteiger partial charge in [0.15, 0.2) is 5.88 Å². The largest absolute Gasteiger partial charge is 0.441 e. The fraction of sp³-hybridized carbons (Fsp3) is 0.526. The summed E-state index contributed by atoms with van der Waals surface area (Å²) >= 11 is 0. The minimum atomic E-state index is 0.00960. The Bertz CT molecular complexity index is 796. The molecule has 6 heteroatoms. The molecule has 3 atom stereocenters. The van der Waals surface area contributed by atoms with Crippen molar-refractivity contribution in [1.29, 1.82) is 0 Å². The summed E-state index contributed by atoms with van der Waals surface area (Å²) in [6.07, 6.45) is 3.45. The summed E-state index contributed by atoms with van der Waals surface area (Å²) in [6, 6.07) is 8.99. The van der Waals surface area contributed by atoms with Gasteiger partial charge in [-0.3, -0.25) is 4.79 Å². The van der Waals surface area contributed by atoms with Crippen LogP contribution in [-0.2, 0) is 4.74 Å². The maximum atomic E-state index is 12.6. The molecule has 25 heavy (non-hydrogen) atoms. The molecule has 5 rings (SSSR count). The number of benzene rings is 1. The molecule has 0 aliphatic carbocycles. The number of amides is 1. The number of fused-ring (bicyclic) bond motifs is 3. The molecule has 6 nitrogen and oxygen atoms in total. The third-order valence-corrected chi connectivity index (χ3v) is 5.70. The second kappa shape index (κ2) is 6.04.